The number of rotatable bonds is 15. The van der Waals surface area contributed by atoms with Crippen molar-refractivity contribution in [2.75, 3.05) is 20.2 Å². The Morgan fingerprint density at radius 1 is 1.38 bits per heavy atom. The number of ether oxygens (including phenoxy) is 1. The topological polar surface area (TPSA) is 111 Å². The van der Waals surface area contributed by atoms with Crippen LogP contribution >= 0.6 is 0 Å². The standard InChI is InChI=1S/C30H33N5O2/c1-4-27(15-23(2)18-31)35-14-13-30(36)29(32)17-25-11-8-12-26(16-25)19-34-21-28(20-33-3)37-22-24-9-6-5-7-10-24/h4,6,8-16,19-20,28,32,35H,1-2,5,7,17,21-22H2,3H3/b14-13-,27-15+,32-29?,33-20?,34-19?. The van der Waals surface area contributed by atoms with E-state index in [9.17, 15) is 4.79 Å². The van der Waals surface area contributed by atoms with Crippen molar-refractivity contribution in [3.8, 4) is 6.07 Å². The first-order valence-electron chi connectivity index (χ1n) is 11.9. The fourth-order valence-electron chi connectivity index (χ4n) is 3.32. The second-order valence-corrected chi connectivity index (χ2v) is 8.19. The summed E-state index contributed by atoms with van der Waals surface area (Å²) in [6.45, 7) is 8.18. The lowest BCUT2D eigenvalue weighted by molar-refractivity contribution is -0.109. The van der Waals surface area contributed by atoms with E-state index in [-0.39, 0.29) is 23.8 Å². The molecule has 0 saturated heterocycles. The van der Waals surface area contributed by atoms with Crippen LogP contribution in [0.4, 0.5) is 0 Å². The molecule has 0 amide bonds. The quantitative estimate of drug-likeness (QED) is 0.157. The number of carbonyl (C=O) groups is 1. The molecule has 2 rings (SSSR count). The zero-order chi connectivity index (χ0) is 26.9. The van der Waals surface area contributed by atoms with Crippen LogP contribution in [0.3, 0.4) is 0 Å². The van der Waals surface area contributed by atoms with Crippen molar-refractivity contribution in [3.05, 3.63) is 108 Å². The largest absolute Gasteiger partial charge is 0.366 e. The number of nitrogens with zero attached hydrogens (tertiary/aromatic N) is 3. The molecule has 1 aromatic carbocycles. The van der Waals surface area contributed by atoms with Gasteiger partial charge in [0.1, 0.15) is 6.10 Å². The fraction of sp³-hybridized carbons (Fsp3) is 0.233. The van der Waals surface area contributed by atoms with E-state index in [2.05, 4.69) is 46.7 Å². The molecular formula is C30H33N5O2. The molecule has 190 valence electrons. The number of aliphatic imine (C=N–C) groups is 2. The minimum Gasteiger partial charge on any atom is -0.366 e. The van der Waals surface area contributed by atoms with Gasteiger partial charge in [-0.1, -0.05) is 49.6 Å². The number of ketones is 1. The van der Waals surface area contributed by atoms with Crippen LogP contribution in [0.5, 0.6) is 0 Å². The van der Waals surface area contributed by atoms with E-state index in [1.165, 1.54) is 30.0 Å². The van der Waals surface area contributed by atoms with Gasteiger partial charge in [0.25, 0.3) is 0 Å². The molecule has 1 aliphatic carbocycles. The number of carbonyl (C=O) groups excluding carboxylic acids is 1. The molecule has 1 aliphatic rings. The summed E-state index contributed by atoms with van der Waals surface area (Å²) in [5.74, 6) is -0.420. The lowest BCUT2D eigenvalue weighted by Crippen LogP contribution is -2.20. The van der Waals surface area contributed by atoms with Gasteiger partial charge in [0.15, 0.2) is 0 Å². The van der Waals surface area contributed by atoms with Gasteiger partial charge in [-0.25, -0.2) is 0 Å². The molecule has 0 aromatic heterocycles. The third-order valence-electron chi connectivity index (χ3n) is 5.18. The van der Waals surface area contributed by atoms with E-state index in [4.69, 9.17) is 15.4 Å². The number of nitriles is 1. The van der Waals surface area contributed by atoms with Gasteiger partial charge in [-0.2, -0.15) is 5.26 Å². The van der Waals surface area contributed by atoms with Crippen molar-refractivity contribution in [2.45, 2.75) is 25.4 Å². The third kappa shape index (κ3) is 11.2. The minimum absolute atomic E-state index is 0.0450. The van der Waals surface area contributed by atoms with Gasteiger partial charge in [0.05, 0.1) is 24.9 Å². The summed E-state index contributed by atoms with van der Waals surface area (Å²) in [6, 6.07) is 9.48. The van der Waals surface area contributed by atoms with Crippen LogP contribution < -0.4 is 5.32 Å². The Labute approximate surface area is 219 Å². The molecule has 7 heteroatoms. The van der Waals surface area contributed by atoms with Crippen molar-refractivity contribution in [1.82, 2.24) is 5.32 Å². The second-order valence-electron chi connectivity index (χ2n) is 8.19. The smallest absolute Gasteiger partial charge is 0.201 e. The highest BCUT2D eigenvalue weighted by Gasteiger charge is 2.09. The summed E-state index contributed by atoms with van der Waals surface area (Å²) in [5, 5.41) is 19.8. The first-order chi connectivity index (χ1) is 17.9. The Kier molecular flexibility index (Phi) is 12.7. The SMILES string of the molecule is C=C/C(=C\C(=C)C#N)N/C=C\C(=O)C(=N)Cc1cccc(C=NCC(C=NC)OCC2=CCCC=C2)c1. The Morgan fingerprint density at radius 2 is 2.22 bits per heavy atom. The molecule has 1 unspecified atom stereocenters. The first-order valence-corrected chi connectivity index (χ1v) is 11.9. The van der Waals surface area contributed by atoms with Crippen LogP contribution in [0.1, 0.15) is 24.0 Å². The maximum absolute atomic E-state index is 12.3. The Balaban J connectivity index is 1.90. The molecule has 7 nitrogen and oxygen atoms in total. The van der Waals surface area contributed by atoms with Crippen LogP contribution in [0.2, 0.25) is 0 Å². The van der Waals surface area contributed by atoms with Crippen LogP contribution in [0.25, 0.3) is 0 Å². The highest BCUT2D eigenvalue weighted by atomic mass is 16.5. The first kappa shape index (κ1) is 28.8. The molecule has 0 radical (unpaired) electrons. The minimum atomic E-state index is -0.420. The lowest BCUT2D eigenvalue weighted by atomic mass is 10.0. The number of hydrogen-bond acceptors (Lipinski definition) is 7. The van der Waals surface area contributed by atoms with E-state index < -0.39 is 5.78 Å². The molecule has 0 aliphatic heterocycles. The number of hydrogen-bond donors (Lipinski definition) is 2. The molecular weight excluding hydrogens is 462 g/mol. The van der Waals surface area contributed by atoms with E-state index >= 15 is 0 Å². The Bertz CT molecular complexity index is 1210. The third-order valence-corrected chi connectivity index (χ3v) is 5.18. The lowest BCUT2D eigenvalue weighted by Gasteiger charge is -2.13. The van der Waals surface area contributed by atoms with E-state index in [0.717, 1.165) is 24.0 Å². The summed E-state index contributed by atoms with van der Waals surface area (Å²) < 4.78 is 5.95. The van der Waals surface area contributed by atoms with Crippen molar-refractivity contribution in [3.63, 3.8) is 0 Å². The zero-order valence-corrected chi connectivity index (χ0v) is 21.2. The summed E-state index contributed by atoms with van der Waals surface area (Å²) in [5.41, 5.74) is 3.61. The van der Waals surface area contributed by atoms with Gasteiger partial charge in [0, 0.05) is 49.4 Å². The monoisotopic (exact) mass is 495 g/mol. The molecule has 1 aromatic rings. The highest BCUT2D eigenvalue weighted by molar-refractivity contribution is 6.43. The molecule has 1 atom stereocenters. The Morgan fingerprint density at radius 3 is 2.92 bits per heavy atom. The molecule has 0 bridgehead atoms. The average molecular weight is 496 g/mol. The van der Waals surface area contributed by atoms with Gasteiger partial charge in [-0.3, -0.25) is 14.8 Å². The average Bonchev–Trinajstić information content (AvgIpc) is 2.91. The number of benzene rings is 1. The molecule has 0 heterocycles. The van der Waals surface area contributed by atoms with Gasteiger partial charge >= 0.3 is 0 Å². The van der Waals surface area contributed by atoms with Crippen LogP contribution in [0, 0.1) is 16.7 Å². The predicted octanol–water partition coefficient (Wildman–Crippen LogP) is 4.85. The van der Waals surface area contributed by atoms with Crippen LogP contribution in [0.15, 0.2) is 107 Å². The molecule has 0 spiro atoms. The van der Waals surface area contributed by atoms with Crippen LogP contribution in [-0.4, -0.2) is 50.2 Å². The number of allylic oxidation sites excluding steroid dienone is 6. The summed E-state index contributed by atoms with van der Waals surface area (Å²) in [7, 11) is 1.71. The molecule has 37 heavy (non-hydrogen) atoms. The van der Waals surface area contributed by atoms with Crippen molar-refractivity contribution in [1.29, 1.82) is 10.7 Å². The van der Waals surface area contributed by atoms with Gasteiger partial charge < -0.3 is 15.5 Å². The van der Waals surface area contributed by atoms with Gasteiger partial charge in [-0.15, -0.1) is 0 Å². The maximum atomic E-state index is 12.3. The van der Waals surface area contributed by atoms with E-state index in [1.807, 2.05) is 30.3 Å². The maximum Gasteiger partial charge on any atom is 0.201 e. The fourth-order valence-corrected chi connectivity index (χ4v) is 3.32. The summed E-state index contributed by atoms with van der Waals surface area (Å²) in [4.78, 5) is 20.9. The Hall–Kier alpha value is -4.41. The molecule has 2 N–H and O–H groups in total. The van der Waals surface area contributed by atoms with E-state index in [1.54, 1.807) is 19.5 Å². The highest BCUT2D eigenvalue weighted by Crippen LogP contribution is 2.11. The second kappa shape index (κ2) is 16.3. The van der Waals surface area contributed by atoms with Gasteiger partial charge in [-0.05, 0) is 47.8 Å². The normalized spacial score (nSPS) is 14.5. The van der Waals surface area contributed by atoms with Gasteiger partial charge in [0.2, 0.25) is 5.78 Å². The zero-order valence-electron chi connectivity index (χ0n) is 21.2. The van der Waals surface area contributed by atoms with Crippen molar-refractivity contribution in [2.24, 2.45) is 9.98 Å². The van der Waals surface area contributed by atoms with Crippen molar-refractivity contribution >= 4 is 23.9 Å². The summed E-state index contributed by atoms with van der Waals surface area (Å²) in [6.07, 6.45) is 17.7. The number of nitrogens with one attached hydrogen (secondary N) is 2. The molecule has 0 saturated carbocycles. The van der Waals surface area contributed by atoms with Crippen molar-refractivity contribution < 1.29 is 9.53 Å². The predicted molar refractivity (Wildman–Crippen MR) is 151 cm³/mol. The molecule has 0 fully saturated rings. The summed E-state index contributed by atoms with van der Waals surface area (Å²) >= 11 is 0. The van der Waals surface area contributed by atoms with E-state index in [0.29, 0.717) is 18.8 Å². The van der Waals surface area contributed by atoms with Crippen LogP contribution in [-0.2, 0) is 16.0 Å².